The molecule has 6 heteroatoms. The van der Waals surface area contributed by atoms with Gasteiger partial charge in [-0.2, -0.15) is 0 Å². The van der Waals surface area contributed by atoms with Crippen molar-refractivity contribution in [2.24, 2.45) is 0 Å². The molecule has 36 heavy (non-hydrogen) atoms. The Kier molecular flexibility index (Phi) is 9.09. The van der Waals surface area contributed by atoms with Crippen LogP contribution in [0.4, 0.5) is 4.39 Å². The molecule has 0 aliphatic carbocycles. The summed E-state index contributed by atoms with van der Waals surface area (Å²) in [5.74, 6) is 1.53. The quantitative estimate of drug-likeness (QED) is 0.219. The predicted octanol–water partition coefficient (Wildman–Crippen LogP) is 6.49. The van der Waals surface area contributed by atoms with E-state index in [1.807, 2.05) is 18.2 Å². The number of carbonyl (C=O) groups is 1. The molecule has 0 aliphatic heterocycles. The number of aromatic nitrogens is 2. The third-order valence-corrected chi connectivity index (χ3v) is 6.27. The molecule has 1 amide bonds. The molecule has 0 spiro atoms. The van der Waals surface area contributed by atoms with Gasteiger partial charge in [-0.05, 0) is 81.1 Å². The van der Waals surface area contributed by atoms with Crippen LogP contribution in [0.15, 0.2) is 72.8 Å². The van der Waals surface area contributed by atoms with Gasteiger partial charge in [0.25, 0.3) is 5.91 Å². The molecule has 0 atom stereocenters. The molecular weight excluding hydrogens is 453 g/mol. The molecule has 0 unspecified atom stereocenters. The SMILES string of the molecule is Cc1ccc(OCCCCn2c(CCCCCNC(=O)c3ccc(F)cc3)nc3ccccc32)cc1. The van der Waals surface area contributed by atoms with Crippen LogP contribution in [0.3, 0.4) is 0 Å². The molecule has 1 N–H and O–H groups in total. The first-order valence-electron chi connectivity index (χ1n) is 12.8. The molecule has 1 heterocycles. The van der Waals surface area contributed by atoms with E-state index >= 15 is 0 Å². The van der Waals surface area contributed by atoms with Crippen LogP contribution < -0.4 is 10.1 Å². The Labute approximate surface area is 212 Å². The second-order valence-corrected chi connectivity index (χ2v) is 9.11. The monoisotopic (exact) mass is 487 g/mol. The van der Waals surface area contributed by atoms with Crippen LogP contribution in [0.5, 0.6) is 5.75 Å². The molecule has 3 aromatic carbocycles. The van der Waals surface area contributed by atoms with Gasteiger partial charge in [-0.1, -0.05) is 36.2 Å². The van der Waals surface area contributed by atoms with Crippen molar-refractivity contribution in [1.82, 2.24) is 14.9 Å². The number of fused-ring (bicyclic) bond motifs is 1. The summed E-state index contributed by atoms with van der Waals surface area (Å²) >= 11 is 0. The van der Waals surface area contributed by atoms with E-state index in [-0.39, 0.29) is 11.7 Å². The van der Waals surface area contributed by atoms with Crippen LogP contribution in [-0.2, 0) is 13.0 Å². The van der Waals surface area contributed by atoms with Crippen LogP contribution in [0.25, 0.3) is 11.0 Å². The van der Waals surface area contributed by atoms with Crippen molar-refractivity contribution >= 4 is 16.9 Å². The van der Waals surface area contributed by atoms with Gasteiger partial charge >= 0.3 is 0 Å². The van der Waals surface area contributed by atoms with Gasteiger partial charge in [0.15, 0.2) is 0 Å². The summed E-state index contributed by atoms with van der Waals surface area (Å²) in [4.78, 5) is 17.0. The largest absolute Gasteiger partial charge is 0.494 e. The van der Waals surface area contributed by atoms with E-state index < -0.39 is 0 Å². The molecule has 0 radical (unpaired) electrons. The number of nitrogens with zero attached hydrogens (tertiary/aromatic N) is 2. The molecule has 4 rings (SSSR count). The van der Waals surface area contributed by atoms with Crippen molar-refractivity contribution in [1.29, 1.82) is 0 Å². The second-order valence-electron chi connectivity index (χ2n) is 9.11. The Morgan fingerprint density at radius 2 is 1.69 bits per heavy atom. The van der Waals surface area contributed by atoms with Crippen LogP contribution in [-0.4, -0.2) is 28.6 Å². The van der Waals surface area contributed by atoms with Gasteiger partial charge in [0.1, 0.15) is 17.4 Å². The zero-order chi connectivity index (χ0) is 25.2. The minimum atomic E-state index is -0.340. The van der Waals surface area contributed by atoms with Crippen molar-refractivity contribution in [3.8, 4) is 5.75 Å². The highest BCUT2D eigenvalue weighted by molar-refractivity contribution is 5.94. The molecule has 0 bridgehead atoms. The van der Waals surface area contributed by atoms with Crippen molar-refractivity contribution < 1.29 is 13.9 Å². The summed E-state index contributed by atoms with van der Waals surface area (Å²) in [6.07, 6.45) is 5.80. The third-order valence-electron chi connectivity index (χ3n) is 6.27. The van der Waals surface area contributed by atoms with E-state index in [4.69, 9.17) is 9.72 Å². The maximum absolute atomic E-state index is 13.0. The van der Waals surface area contributed by atoms with Gasteiger partial charge in [-0.15, -0.1) is 0 Å². The summed E-state index contributed by atoms with van der Waals surface area (Å²) in [7, 11) is 0. The van der Waals surface area contributed by atoms with E-state index in [1.165, 1.54) is 35.3 Å². The smallest absolute Gasteiger partial charge is 0.251 e. The highest BCUT2D eigenvalue weighted by Gasteiger charge is 2.10. The number of amides is 1. The van der Waals surface area contributed by atoms with Crippen molar-refractivity contribution in [3.63, 3.8) is 0 Å². The van der Waals surface area contributed by atoms with Crippen molar-refractivity contribution in [3.05, 3.63) is 95.6 Å². The predicted molar refractivity (Wildman–Crippen MR) is 142 cm³/mol. The molecular formula is C30H34FN3O2. The van der Waals surface area contributed by atoms with Crippen LogP contribution in [0, 0.1) is 12.7 Å². The Bertz CT molecular complexity index is 1250. The zero-order valence-corrected chi connectivity index (χ0v) is 20.9. The van der Waals surface area contributed by atoms with E-state index in [0.29, 0.717) is 18.7 Å². The number of hydrogen-bond acceptors (Lipinski definition) is 3. The minimum Gasteiger partial charge on any atom is -0.494 e. The van der Waals surface area contributed by atoms with Crippen LogP contribution >= 0.6 is 0 Å². The van der Waals surface area contributed by atoms with Crippen LogP contribution in [0.1, 0.15) is 53.8 Å². The molecule has 5 nitrogen and oxygen atoms in total. The van der Waals surface area contributed by atoms with E-state index in [2.05, 4.69) is 47.1 Å². The van der Waals surface area contributed by atoms with Gasteiger partial charge in [-0.25, -0.2) is 9.37 Å². The second kappa shape index (κ2) is 12.9. The number of carbonyl (C=O) groups excluding carboxylic acids is 1. The maximum atomic E-state index is 13.0. The summed E-state index contributed by atoms with van der Waals surface area (Å²) in [6.45, 7) is 4.30. The Balaban J connectivity index is 1.21. The number of halogens is 1. The molecule has 4 aromatic rings. The molecule has 0 saturated carbocycles. The Morgan fingerprint density at radius 3 is 2.50 bits per heavy atom. The average Bonchev–Trinajstić information content (AvgIpc) is 3.24. The maximum Gasteiger partial charge on any atom is 0.251 e. The lowest BCUT2D eigenvalue weighted by Gasteiger charge is -2.11. The van der Waals surface area contributed by atoms with E-state index in [1.54, 1.807) is 0 Å². The van der Waals surface area contributed by atoms with E-state index in [0.717, 1.165) is 62.2 Å². The zero-order valence-electron chi connectivity index (χ0n) is 20.9. The standard InChI is InChI=1S/C30H34FN3O2/c1-23-12-18-26(19-13-23)36-22-8-7-21-34-28-10-5-4-9-27(28)33-29(34)11-3-2-6-20-32-30(35)24-14-16-25(31)17-15-24/h4-5,9-10,12-19H,2-3,6-8,11,20-22H2,1H3,(H,32,35). The van der Waals surface area contributed by atoms with Gasteiger partial charge < -0.3 is 14.6 Å². The number of rotatable bonds is 13. The Morgan fingerprint density at radius 1 is 0.917 bits per heavy atom. The highest BCUT2D eigenvalue weighted by Crippen LogP contribution is 2.19. The molecule has 188 valence electrons. The number of para-hydroxylation sites is 2. The van der Waals surface area contributed by atoms with Gasteiger partial charge in [-0.3, -0.25) is 4.79 Å². The van der Waals surface area contributed by atoms with Crippen LogP contribution in [0.2, 0.25) is 0 Å². The fraction of sp³-hybridized carbons (Fsp3) is 0.333. The number of aryl methyl sites for hydroxylation is 3. The lowest BCUT2D eigenvalue weighted by molar-refractivity contribution is 0.0953. The molecule has 0 fully saturated rings. The van der Waals surface area contributed by atoms with Crippen molar-refractivity contribution in [2.45, 2.75) is 52.0 Å². The topological polar surface area (TPSA) is 56.1 Å². The fourth-order valence-corrected chi connectivity index (χ4v) is 4.25. The first kappa shape index (κ1) is 25.4. The van der Waals surface area contributed by atoms with Gasteiger partial charge in [0, 0.05) is 25.1 Å². The number of hydrogen-bond donors (Lipinski definition) is 1. The number of ether oxygens (including phenoxy) is 1. The fourth-order valence-electron chi connectivity index (χ4n) is 4.25. The van der Waals surface area contributed by atoms with Gasteiger partial charge in [0.05, 0.1) is 17.6 Å². The number of imidazole rings is 1. The molecule has 0 aliphatic rings. The molecule has 0 saturated heterocycles. The minimum absolute atomic E-state index is 0.164. The lowest BCUT2D eigenvalue weighted by Crippen LogP contribution is -2.24. The first-order valence-corrected chi connectivity index (χ1v) is 12.8. The Hall–Kier alpha value is -3.67. The third kappa shape index (κ3) is 7.17. The number of benzene rings is 3. The summed E-state index contributed by atoms with van der Waals surface area (Å²) in [5.41, 5.74) is 3.93. The number of unbranched alkanes of at least 4 members (excludes halogenated alkanes) is 3. The summed E-state index contributed by atoms with van der Waals surface area (Å²) in [5, 5.41) is 2.91. The summed E-state index contributed by atoms with van der Waals surface area (Å²) in [6, 6.07) is 22.1. The highest BCUT2D eigenvalue weighted by atomic mass is 19.1. The normalized spacial score (nSPS) is 11.1. The van der Waals surface area contributed by atoms with Gasteiger partial charge in [0.2, 0.25) is 0 Å². The summed E-state index contributed by atoms with van der Waals surface area (Å²) < 4.78 is 21.2. The molecule has 1 aromatic heterocycles. The van der Waals surface area contributed by atoms with E-state index in [9.17, 15) is 9.18 Å². The average molecular weight is 488 g/mol. The lowest BCUT2D eigenvalue weighted by atomic mass is 10.1. The first-order chi connectivity index (χ1) is 17.6. The van der Waals surface area contributed by atoms with Crippen molar-refractivity contribution in [2.75, 3.05) is 13.2 Å². The number of nitrogens with one attached hydrogen (secondary N) is 1.